The highest BCUT2D eigenvalue weighted by Crippen LogP contribution is 2.51. The molecule has 0 bridgehead atoms. The molecule has 0 heterocycles. The molecule has 1 atom stereocenters. The summed E-state index contributed by atoms with van der Waals surface area (Å²) in [5, 5.41) is 0. The fourth-order valence-electron chi connectivity index (χ4n) is 0.704. The fourth-order valence-corrected chi connectivity index (χ4v) is 1.78. The first kappa shape index (κ1) is 11.1. The molecule has 0 aromatic rings. The zero-order valence-corrected chi connectivity index (χ0v) is 8.26. The highest BCUT2D eigenvalue weighted by atomic mass is 31.2. The largest absolute Gasteiger partial charge is 0.366 e. The molecule has 5 heteroatoms. The van der Waals surface area contributed by atoms with Crippen molar-refractivity contribution >= 4 is 7.60 Å². The van der Waals surface area contributed by atoms with Crippen molar-refractivity contribution < 1.29 is 18.3 Å². The molecular weight excluding hydrogens is 167 g/mol. The summed E-state index contributed by atoms with van der Waals surface area (Å²) in [7, 11) is -0.317. The molecule has 0 aliphatic rings. The average molecular weight is 182 g/mol. The topological polar surface area (TPSA) is 44.8 Å². The molecule has 0 aliphatic heterocycles. The van der Waals surface area contributed by atoms with Crippen molar-refractivity contribution in [3.8, 4) is 0 Å². The lowest BCUT2D eigenvalue weighted by Gasteiger charge is -2.20. The Balaban J connectivity index is 4.13. The van der Waals surface area contributed by atoms with Gasteiger partial charge in [0.15, 0.2) is 5.85 Å². The highest BCUT2D eigenvalue weighted by Gasteiger charge is 2.30. The fraction of sp³-hybridized carbons (Fsp3) is 1.00. The van der Waals surface area contributed by atoms with Gasteiger partial charge in [-0.05, 0) is 13.8 Å². The van der Waals surface area contributed by atoms with Gasteiger partial charge in [-0.2, -0.15) is 0 Å². The van der Waals surface area contributed by atoms with Crippen molar-refractivity contribution in [1.82, 2.24) is 0 Å². The maximum atomic E-state index is 11.5. The van der Waals surface area contributed by atoms with Gasteiger partial charge >= 0.3 is 7.60 Å². The van der Waals surface area contributed by atoms with Crippen LogP contribution < -0.4 is 0 Å². The van der Waals surface area contributed by atoms with E-state index in [1.54, 1.807) is 6.92 Å². The van der Waals surface area contributed by atoms with Crippen molar-refractivity contribution in [3.05, 3.63) is 0 Å². The summed E-state index contributed by atoms with van der Waals surface area (Å²) in [5.74, 6) is -0.498. The van der Waals surface area contributed by atoms with Crippen LogP contribution in [-0.4, -0.2) is 26.7 Å². The van der Waals surface area contributed by atoms with Gasteiger partial charge in [0.25, 0.3) is 0 Å². The molecule has 0 saturated carbocycles. The van der Waals surface area contributed by atoms with E-state index in [0.717, 1.165) is 0 Å². The average Bonchev–Trinajstić information content (AvgIpc) is 2.03. The molecule has 0 aromatic carbocycles. The molecule has 0 fully saturated rings. The van der Waals surface area contributed by atoms with Gasteiger partial charge < -0.3 is 13.8 Å². The van der Waals surface area contributed by atoms with Gasteiger partial charge in [-0.3, -0.25) is 4.57 Å². The van der Waals surface area contributed by atoms with E-state index in [9.17, 15) is 4.57 Å². The minimum atomic E-state index is -3.01. The van der Waals surface area contributed by atoms with Gasteiger partial charge in [-0.15, -0.1) is 0 Å². The van der Waals surface area contributed by atoms with E-state index in [2.05, 4.69) is 0 Å². The molecule has 0 spiro atoms. The monoisotopic (exact) mass is 182 g/mol. The van der Waals surface area contributed by atoms with E-state index in [1.807, 2.05) is 6.92 Å². The molecule has 0 rings (SSSR count). The van der Waals surface area contributed by atoms with Crippen LogP contribution in [0.3, 0.4) is 0 Å². The lowest BCUT2D eigenvalue weighted by Crippen LogP contribution is -2.11. The molecule has 0 aromatic heterocycles. The SMILES string of the molecule is CCOC(C)P(=O)(OC)OC. The summed E-state index contributed by atoms with van der Waals surface area (Å²) in [6.45, 7) is 3.99. The van der Waals surface area contributed by atoms with E-state index in [-0.39, 0.29) is 0 Å². The molecule has 11 heavy (non-hydrogen) atoms. The summed E-state index contributed by atoms with van der Waals surface area (Å²) in [5.41, 5.74) is 0. The lowest BCUT2D eigenvalue weighted by atomic mass is 10.8. The van der Waals surface area contributed by atoms with Crippen LogP contribution in [0.5, 0.6) is 0 Å². The first-order valence-electron chi connectivity index (χ1n) is 3.43. The molecule has 0 saturated heterocycles. The van der Waals surface area contributed by atoms with E-state index in [0.29, 0.717) is 6.61 Å². The van der Waals surface area contributed by atoms with E-state index in [4.69, 9.17) is 13.8 Å². The first-order chi connectivity index (χ1) is 5.10. The maximum absolute atomic E-state index is 11.5. The Morgan fingerprint density at radius 2 is 1.82 bits per heavy atom. The van der Waals surface area contributed by atoms with Crippen LogP contribution in [0.15, 0.2) is 0 Å². The van der Waals surface area contributed by atoms with Crippen LogP contribution in [0.2, 0.25) is 0 Å². The Kier molecular flexibility index (Phi) is 4.93. The summed E-state index contributed by atoms with van der Waals surface area (Å²) < 4.78 is 26.0. The van der Waals surface area contributed by atoms with Gasteiger partial charge in [-0.1, -0.05) is 0 Å². The second-order valence-corrected chi connectivity index (χ2v) is 4.50. The standard InChI is InChI=1S/C6H15O4P/c1-5-10-6(2)11(7,8-3)9-4/h6H,5H2,1-4H3. The molecule has 0 radical (unpaired) electrons. The van der Waals surface area contributed by atoms with Crippen LogP contribution in [0.1, 0.15) is 13.8 Å². The Bertz CT molecular complexity index is 140. The van der Waals surface area contributed by atoms with Gasteiger partial charge in [0.2, 0.25) is 0 Å². The third-order valence-electron chi connectivity index (χ3n) is 1.36. The molecule has 0 amide bonds. The maximum Gasteiger partial charge on any atom is 0.358 e. The first-order valence-corrected chi connectivity index (χ1v) is 5.04. The van der Waals surface area contributed by atoms with Crippen LogP contribution >= 0.6 is 7.60 Å². The summed E-state index contributed by atoms with van der Waals surface area (Å²) in [6, 6.07) is 0. The Morgan fingerprint density at radius 3 is 2.09 bits per heavy atom. The van der Waals surface area contributed by atoms with E-state index in [1.165, 1.54) is 14.2 Å². The molecule has 4 nitrogen and oxygen atoms in total. The second kappa shape index (κ2) is 4.88. The highest BCUT2D eigenvalue weighted by molar-refractivity contribution is 7.54. The van der Waals surface area contributed by atoms with Crippen molar-refractivity contribution in [2.75, 3.05) is 20.8 Å². The number of ether oxygens (including phenoxy) is 1. The third kappa shape index (κ3) is 2.91. The van der Waals surface area contributed by atoms with Crippen molar-refractivity contribution in [1.29, 1.82) is 0 Å². The van der Waals surface area contributed by atoms with E-state index >= 15 is 0 Å². The summed E-state index contributed by atoms with van der Waals surface area (Å²) in [6.07, 6.45) is 0. The zero-order valence-electron chi connectivity index (χ0n) is 7.36. The van der Waals surface area contributed by atoms with Gasteiger partial charge in [-0.25, -0.2) is 0 Å². The number of hydrogen-bond donors (Lipinski definition) is 0. The van der Waals surface area contributed by atoms with Crippen LogP contribution in [0, 0.1) is 0 Å². The minimum Gasteiger partial charge on any atom is -0.366 e. The number of rotatable bonds is 5. The minimum absolute atomic E-state index is 0.498. The molecule has 68 valence electrons. The lowest BCUT2D eigenvalue weighted by molar-refractivity contribution is 0.0980. The van der Waals surface area contributed by atoms with Crippen LogP contribution in [0.4, 0.5) is 0 Å². The molecule has 0 N–H and O–H groups in total. The van der Waals surface area contributed by atoms with Gasteiger partial charge in [0.05, 0.1) is 0 Å². The quantitative estimate of drug-likeness (QED) is 0.608. The van der Waals surface area contributed by atoms with Gasteiger partial charge in [0.1, 0.15) is 0 Å². The Hall–Kier alpha value is 0.110. The second-order valence-electron chi connectivity index (χ2n) is 1.96. The number of hydrogen-bond acceptors (Lipinski definition) is 4. The van der Waals surface area contributed by atoms with Crippen LogP contribution in [-0.2, 0) is 18.3 Å². The van der Waals surface area contributed by atoms with Gasteiger partial charge in [0, 0.05) is 20.8 Å². The zero-order chi connectivity index (χ0) is 8.91. The summed E-state index contributed by atoms with van der Waals surface area (Å²) in [4.78, 5) is 0. The van der Waals surface area contributed by atoms with Crippen molar-refractivity contribution in [3.63, 3.8) is 0 Å². The predicted molar refractivity (Wildman–Crippen MR) is 42.7 cm³/mol. The Morgan fingerprint density at radius 1 is 1.36 bits per heavy atom. The molecular formula is C6H15O4P. The van der Waals surface area contributed by atoms with E-state index < -0.39 is 13.4 Å². The molecule has 0 aliphatic carbocycles. The molecule has 1 unspecified atom stereocenters. The smallest absolute Gasteiger partial charge is 0.358 e. The summed E-state index contributed by atoms with van der Waals surface area (Å²) >= 11 is 0. The Labute approximate surface area is 67.4 Å². The predicted octanol–water partition coefficient (Wildman–Crippen LogP) is 1.85. The van der Waals surface area contributed by atoms with Crippen LogP contribution in [0.25, 0.3) is 0 Å². The van der Waals surface area contributed by atoms with Crippen molar-refractivity contribution in [2.45, 2.75) is 19.7 Å². The third-order valence-corrected chi connectivity index (χ3v) is 3.42. The normalized spacial score (nSPS) is 14.9. The van der Waals surface area contributed by atoms with Crippen molar-refractivity contribution in [2.24, 2.45) is 0 Å².